The first-order chi connectivity index (χ1) is 13.8. The molecule has 11 heteroatoms. The Labute approximate surface area is 202 Å². The summed E-state index contributed by atoms with van der Waals surface area (Å²) in [6, 6.07) is 10.3. The van der Waals surface area contributed by atoms with Gasteiger partial charge in [0, 0.05) is 10.0 Å². The highest BCUT2D eigenvalue weighted by molar-refractivity contribution is 14.1. The Hall–Kier alpha value is -1.64. The highest BCUT2D eigenvalue weighted by Crippen LogP contribution is 2.40. The van der Waals surface area contributed by atoms with Crippen LogP contribution in [0.5, 0.6) is 0 Å². The van der Waals surface area contributed by atoms with E-state index in [9.17, 15) is 0 Å². The fraction of sp³-hybridized carbons (Fsp3) is 0.111. The zero-order valence-electron chi connectivity index (χ0n) is 14.2. The van der Waals surface area contributed by atoms with Gasteiger partial charge in [-0.15, -0.1) is 23.0 Å². The molecule has 4 rings (SSSR count). The Morgan fingerprint density at radius 3 is 1.62 bits per heavy atom. The van der Waals surface area contributed by atoms with E-state index in [4.69, 9.17) is 40.8 Å². The van der Waals surface area contributed by atoms with E-state index < -0.39 is 7.46 Å². The third kappa shape index (κ3) is 3.55. The number of alkyl halides is 2. The monoisotopic (exact) mass is 648 g/mol. The smallest absolute Gasteiger partial charge is 0.281 e. The summed E-state index contributed by atoms with van der Waals surface area (Å²) in [6.07, 6.45) is 11.7. The lowest BCUT2D eigenvalue weighted by atomic mass is 10.3. The van der Waals surface area contributed by atoms with Gasteiger partial charge < -0.3 is 0 Å². The van der Waals surface area contributed by atoms with Crippen LogP contribution >= 0.6 is 68.4 Å². The summed E-state index contributed by atoms with van der Waals surface area (Å²) in [4.78, 5) is 0. The van der Waals surface area contributed by atoms with Crippen LogP contribution in [0.1, 0.15) is 0 Å². The molecule has 0 bridgehead atoms. The summed E-state index contributed by atoms with van der Waals surface area (Å²) in [5, 5.41) is 17.6. The maximum atomic E-state index is 6.25. The number of aromatic nitrogens is 6. The van der Waals surface area contributed by atoms with Crippen molar-refractivity contribution in [1.82, 2.24) is 30.0 Å². The average Bonchev–Trinajstić information content (AvgIpc) is 3.31. The van der Waals surface area contributed by atoms with Crippen LogP contribution in [0.15, 0.2) is 36.4 Å². The Balaban J connectivity index is 1.83. The molecule has 2 atom stereocenters. The molecule has 0 radical (unpaired) electrons. The van der Waals surface area contributed by atoms with Gasteiger partial charge in [-0.1, -0.05) is 33.6 Å². The molecule has 7 nitrogen and oxygen atoms in total. The summed E-state index contributed by atoms with van der Waals surface area (Å²) >= 11 is 16.0. The molecule has 2 aromatic carbocycles. The van der Waals surface area contributed by atoms with Gasteiger partial charge in [0.15, 0.2) is 0 Å². The fourth-order valence-electron chi connectivity index (χ4n) is 2.67. The van der Waals surface area contributed by atoms with Crippen molar-refractivity contribution in [2.45, 2.75) is 7.46 Å². The summed E-state index contributed by atoms with van der Waals surface area (Å²) < 4.78 is 6.33. The number of hydrogen-bond donors (Lipinski definition) is 0. The predicted molar refractivity (Wildman–Crippen MR) is 128 cm³/mol. The standard InChI is InChI=1S/C18H8Cl2I2N6O/c1-3-17(21,27-15-7-5-11(19)9-13(15)23-25-27)29-18(22,4-2)28-16-8-6-12(20)10-14(16)24-26-28/h1-2,5-10H. The van der Waals surface area contributed by atoms with Crippen molar-refractivity contribution < 1.29 is 4.74 Å². The normalized spacial score (nSPS) is 15.5. The molecule has 0 aliphatic rings. The number of fused-ring (bicyclic) bond motifs is 2. The molecule has 0 fully saturated rings. The molecule has 0 amide bonds. The SMILES string of the molecule is C#CC(I)(OC(I)(C#C)n1nnc2cc(Cl)ccc21)n1nnc2cc(Cl)ccc21. The second-order valence-corrected chi connectivity index (χ2v) is 9.58. The van der Waals surface area contributed by atoms with Crippen LogP contribution in [0.3, 0.4) is 0 Å². The van der Waals surface area contributed by atoms with Crippen molar-refractivity contribution in [3.05, 3.63) is 46.4 Å². The summed E-state index contributed by atoms with van der Waals surface area (Å²) in [6.45, 7) is 0. The molecule has 144 valence electrons. The second-order valence-electron chi connectivity index (χ2n) is 5.78. The van der Waals surface area contributed by atoms with E-state index in [0.717, 1.165) is 0 Å². The molecule has 2 unspecified atom stereocenters. The molecule has 0 aliphatic carbocycles. The quantitative estimate of drug-likeness (QED) is 0.185. The third-order valence-electron chi connectivity index (χ3n) is 3.99. The minimum atomic E-state index is -1.42. The molecule has 0 N–H and O–H groups in total. The minimum absolute atomic E-state index is 0.532. The Morgan fingerprint density at radius 1 is 0.828 bits per heavy atom. The van der Waals surface area contributed by atoms with Gasteiger partial charge in [-0.2, -0.15) is 9.36 Å². The zero-order valence-corrected chi connectivity index (χ0v) is 20.0. The van der Waals surface area contributed by atoms with E-state index in [1.807, 2.05) is 45.2 Å². The summed E-state index contributed by atoms with van der Waals surface area (Å²) in [5.41, 5.74) is 2.40. The number of ether oxygens (including phenoxy) is 1. The highest BCUT2D eigenvalue weighted by Gasteiger charge is 2.43. The molecule has 2 aromatic heterocycles. The van der Waals surface area contributed by atoms with Crippen molar-refractivity contribution in [2.75, 3.05) is 0 Å². The number of benzene rings is 2. The summed E-state index contributed by atoms with van der Waals surface area (Å²) in [5.74, 6) is 5.21. The van der Waals surface area contributed by atoms with Crippen LogP contribution in [0.2, 0.25) is 10.0 Å². The number of rotatable bonds is 4. The second kappa shape index (κ2) is 7.56. The lowest BCUT2D eigenvalue weighted by molar-refractivity contribution is -0.0614. The summed E-state index contributed by atoms with van der Waals surface area (Å²) in [7, 11) is 0. The van der Waals surface area contributed by atoms with Crippen LogP contribution in [0.4, 0.5) is 0 Å². The van der Waals surface area contributed by atoms with Gasteiger partial charge in [-0.05, 0) is 93.4 Å². The number of terminal acetylenes is 2. The Morgan fingerprint density at radius 2 is 1.24 bits per heavy atom. The number of hydrogen-bond acceptors (Lipinski definition) is 5. The molecular formula is C18H8Cl2I2N6O. The van der Waals surface area contributed by atoms with Gasteiger partial charge in [0.05, 0.1) is 11.0 Å². The maximum Gasteiger partial charge on any atom is 0.281 e. The van der Waals surface area contributed by atoms with Crippen molar-refractivity contribution in [3.8, 4) is 24.7 Å². The number of halogens is 4. The molecular weight excluding hydrogens is 641 g/mol. The van der Waals surface area contributed by atoms with Gasteiger partial charge in [-0.3, -0.25) is 4.74 Å². The lowest BCUT2D eigenvalue weighted by Crippen LogP contribution is -2.40. The number of nitrogens with zero attached hydrogens (tertiary/aromatic N) is 6. The van der Waals surface area contributed by atoms with E-state index in [2.05, 4.69) is 32.5 Å². The van der Waals surface area contributed by atoms with Crippen LogP contribution < -0.4 is 0 Å². The fourth-order valence-corrected chi connectivity index (χ4v) is 4.77. The van der Waals surface area contributed by atoms with Gasteiger partial charge in [0.2, 0.25) is 0 Å². The van der Waals surface area contributed by atoms with Gasteiger partial charge in [0.25, 0.3) is 7.46 Å². The largest absolute Gasteiger partial charge is 0.286 e. The topological polar surface area (TPSA) is 70.7 Å². The third-order valence-corrected chi connectivity index (χ3v) is 6.43. The van der Waals surface area contributed by atoms with Crippen molar-refractivity contribution in [2.24, 2.45) is 0 Å². The molecule has 0 saturated carbocycles. The molecule has 4 aromatic rings. The molecule has 29 heavy (non-hydrogen) atoms. The van der Waals surface area contributed by atoms with Crippen LogP contribution in [-0.2, 0) is 12.2 Å². The minimum Gasteiger partial charge on any atom is -0.286 e. The van der Waals surface area contributed by atoms with Crippen LogP contribution in [-0.4, -0.2) is 30.0 Å². The Bertz CT molecular complexity index is 1240. The van der Waals surface area contributed by atoms with E-state index in [-0.39, 0.29) is 0 Å². The first-order valence-corrected chi connectivity index (χ1v) is 10.8. The van der Waals surface area contributed by atoms with Crippen LogP contribution in [0, 0.1) is 24.7 Å². The van der Waals surface area contributed by atoms with E-state index in [1.54, 1.807) is 36.4 Å². The van der Waals surface area contributed by atoms with E-state index in [1.165, 1.54) is 9.36 Å². The first-order valence-electron chi connectivity index (χ1n) is 7.86. The van der Waals surface area contributed by atoms with Crippen LogP contribution in [0.25, 0.3) is 22.1 Å². The van der Waals surface area contributed by atoms with Gasteiger partial charge in [0.1, 0.15) is 11.0 Å². The molecule has 0 saturated heterocycles. The Kier molecular flexibility index (Phi) is 5.38. The first kappa shape index (κ1) is 20.6. The van der Waals surface area contributed by atoms with Crippen molar-refractivity contribution >= 4 is 90.5 Å². The zero-order chi connectivity index (χ0) is 20.8. The van der Waals surface area contributed by atoms with E-state index in [0.29, 0.717) is 32.1 Å². The average molecular weight is 649 g/mol. The predicted octanol–water partition coefficient (Wildman–Crippen LogP) is 4.56. The van der Waals surface area contributed by atoms with Gasteiger partial charge >= 0.3 is 0 Å². The van der Waals surface area contributed by atoms with Crippen molar-refractivity contribution in [3.63, 3.8) is 0 Å². The van der Waals surface area contributed by atoms with E-state index >= 15 is 0 Å². The van der Waals surface area contributed by atoms with Gasteiger partial charge in [-0.25, -0.2) is 0 Å². The van der Waals surface area contributed by atoms with Crippen molar-refractivity contribution in [1.29, 1.82) is 0 Å². The maximum absolute atomic E-state index is 6.25. The molecule has 0 aliphatic heterocycles. The molecule has 2 heterocycles. The highest BCUT2D eigenvalue weighted by atomic mass is 127. The molecule has 0 spiro atoms. The lowest BCUT2D eigenvalue weighted by Gasteiger charge is -2.31.